The molecule has 2 heterocycles. The molecule has 106 valence electrons. The van der Waals surface area contributed by atoms with Crippen molar-refractivity contribution < 1.29 is 9.90 Å². The Hall–Kier alpha value is -1.40. The number of Topliss-reactive ketones (excluding diaryl/α,β-unsaturated/α-hetero) is 1. The van der Waals surface area contributed by atoms with E-state index in [1.807, 2.05) is 19.4 Å². The highest BCUT2D eigenvalue weighted by atomic mass is 16.3. The quantitative estimate of drug-likeness (QED) is 0.823. The number of β-amino-alcohol motifs (C(OH)–C–C–N with tert-alkyl or cyclic N) is 1. The monoisotopic (exact) mass is 266 g/mol. The number of aryl methyl sites for hydroxylation is 1. The van der Waals surface area contributed by atoms with Crippen LogP contribution in [0.4, 0.5) is 5.69 Å². The lowest BCUT2D eigenvalue weighted by molar-refractivity contribution is -0.135. The second kappa shape index (κ2) is 5.30. The Morgan fingerprint density at radius 3 is 2.53 bits per heavy atom. The van der Waals surface area contributed by atoms with E-state index >= 15 is 0 Å². The molecule has 1 saturated heterocycles. The van der Waals surface area contributed by atoms with E-state index in [9.17, 15) is 9.90 Å². The molecular formula is C13H22N4O2. The lowest BCUT2D eigenvalue weighted by atomic mass is 10.0. The third-order valence-corrected chi connectivity index (χ3v) is 3.72. The molecule has 1 aliphatic heterocycles. The largest absolute Gasteiger partial charge is 0.381 e. The van der Waals surface area contributed by atoms with Gasteiger partial charge in [0.2, 0.25) is 0 Å². The number of rotatable bonds is 4. The lowest BCUT2D eigenvalue weighted by Gasteiger charge is -2.38. The number of nitrogens with zero attached hydrogens (tertiary/aromatic N) is 4. The molecule has 0 aliphatic carbocycles. The van der Waals surface area contributed by atoms with Gasteiger partial charge in [0.05, 0.1) is 11.9 Å². The summed E-state index contributed by atoms with van der Waals surface area (Å²) < 4.78 is 1.79. The molecule has 0 bridgehead atoms. The minimum Gasteiger partial charge on any atom is -0.381 e. The van der Waals surface area contributed by atoms with Crippen molar-refractivity contribution in [2.45, 2.75) is 19.4 Å². The van der Waals surface area contributed by atoms with Crippen LogP contribution in [0.5, 0.6) is 0 Å². The van der Waals surface area contributed by atoms with E-state index in [1.165, 1.54) is 6.92 Å². The zero-order valence-electron chi connectivity index (χ0n) is 11.8. The number of hydrogen-bond acceptors (Lipinski definition) is 5. The van der Waals surface area contributed by atoms with E-state index in [4.69, 9.17) is 0 Å². The maximum Gasteiger partial charge on any atom is 0.162 e. The maximum atomic E-state index is 11.3. The minimum absolute atomic E-state index is 0.179. The molecule has 6 nitrogen and oxygen atoms in total. The number of anilines is 1. The first-order valence-corrected chi connectivity index (χ1v) is 6.58. The summed E-state index contributed by atoms with van der Waals surface area (Å²) in [5, 5.41) is 14.2. The SMILES string of the molecule is CC(=O)C(C)(O)CN1CCN(c2cnn(C)c2)CC1. The third-order valence-electron chi connectivity index (χ3n) is 3.72. The van der Waals surface area contributed by atoms with E-state index in [1.54, 1.807) is 11.6 Å². The normalized spacial score (nSPS) is 20.3. The fraction of sp³-hybridized carbons (Fsp3) is 0.692. The van der Waals surface area contributed by atoms with Crippen LogP contribution in [0.3, 0.4) is 0 Å². The van der Waals surface area contributed by atoms with Crippen molar-refractivity contribution in [2.75, 3.05) is 37.6 Å². The summed E-state index contributed by atoms with van der Waals surface area (Å²) in [6.45, 7) is 6.90. The van der Waals surface area contributed by atoms with Crippen LogP contribution in [0, 0.1) is 0 Å². The van der Waals surface area contributed by atoms with Gasteiger partial charge < -0.3 is 10.0 Å². The Bertz CT molecular complexity index is 447. The molecular weight excluding hydrogens is 244 g/mol. The average Bonchev–Trinajstić information content (AvgIpc) is 2.76. The molecule has 19 heavy (non-hydrogen) atoms. The molecule has 0 aromatic carbocycles. The molecule has 1 aromatic heterocycles. The predicted octanol–water partition coefficient (Wildman–Crippen LogP) is -0.118. The number of hydrogen-bond donors (Lipinski definition) is 1. The van der Waals surface area contributed by atoms with Crippen molar-refractivity contribution in [3.05, 3.63) is 12.4 Å². The van der Waals surface area contributed by atoms with Crippen LogP contribution in [0.2, 0.25) is 0 Å². The molecule has 0 saturated carbocycles. The van der Waals surface area contributed by atoms with Gasteiger partial charge >= 0.3 is 0 Å². The van der Waals surface area contributed by atoms with E-state index in [-0.39, 0.29) is 5.78 Å². The van der Waals surface area contributed by atoms with Crippen LogP contribution >= 0.6 is 0 Å². The molecule has 1 N–H and O–H groups in total. The maximum absolute atomic E-state index is 11.3. The predicted molar refractivity (Wildman–Crippen MR) is 73.2 cm³/mol. The van der Waals surface area contributed by atoms with Gasteiger partial charge in [-0.3, -0.25) is 14.4 Å². The van der Waals surface area contributed by atoms with Crippen molar-refractivity contribution in [1.29, 1.82) is 0 Å². The van der Waals surface area contributed by atoms with Crippen molar-refractivity contribution in [1.82, 2.24) is 14.7 Å². The Kier molecular flexibility index (Phi) is 3.91. The molecule has 1 fully saturated rings. The smallest absolute Gasteiger partial charge is 0.162 e. The zero-order chi connectivity index (χ0) is 14.0. The first kappa shape index (κ1) is 14.0. The topological polar surface area (TPSA) is 61.6 Å². The third kappa shape index (κ3) is 3.33. The molecule has 0 spiro atoms. The summed E-state index contributed by atoms with van der Waals surface area (Å²) in [4.78, 5) is 15.7. The van der Waals surface area contributed by atoms with Crippen molar-refractivity contribution in [3.8, 4) is 0 Å². The fourth-order valence-corrected chi connectivity index (χ4v) is 2.28. The zero-order valence-corrected chi connectivity index (χ0v) is 11.8. The van der Waals surface area contributed by atoms with Crippen LogP contribution in [-0.4, -0.2) is 63.9 Å². The number of aromatic nitrogens is 2. The fourth-order valence-electron chi connectivity index (χ4n) is 2.28. The molecule has 2 rings (SSSR count). The van der Waals surface area contributed by atoms with Gasteiger partial charge in [-0.25, -0.2) is 0 Å². The van der Waals surface area contributed by atoms with Crippen molar-refractivity contribution in [3.63, 3.8) is 0 Å². The summed E-state index contributed by atoms with van der Waals surface area (Å²) in [5.74, 6) is -0.179. The molecule has 0 amide bonds. The van der Waals surface area contributed by atoms with E-state index in [2.05, 4.69) is 14.9 Å². The lowest BCUT2D eigenvalue weighted by Crippen LogP contribution is -2.53. The van der Waals surface area contributed by atoms with E-state index < -0.39 is 5.60 Å². The highest BCUT2D eigenvalue weighted by molar-refractivity contribution is 5.84. The van der Waals surface area contributed by atoms with Gasteiger partial charge in [0.1, 0.15) is 5.60 Å². The summed E-state index contributed by atoms with van der Waals surface area (Å²) in [6.07, 6.45) is 3.86. The summed E-state index contributed by atoms with van der Waals surface area (Å²) >= 11 is 0. The number of ketones is 1. The van der Waals surface area contributed by atoms with Crippen molar-refractivity contribution in [2.24, 2.45) is 7.05 Å². The average molecular weight is 266 g/mol. The van der Waals surface area contributed by atoms with Crippen LogP contribution in [0.15, 0.2) is 12.4 Å². The minimum atomic E-state index is -1.24. The van der Waals surface area contributed by atoms with Crippen LogP contribution < -0.4 is 4.90 Å². The first-order valence-electron chi connectivity index (χ1n) is 6.58. The van der Waals surface area contributed by atoms with Gasteiger partial charge in [-0.2, -0.15) is 5.10 Å². The number of carbonyl (C=O) groups is 1. The molecule has 1 aromatic rings. The second-order valence-corrected chi connectivity index (χ2v) is 5.47. The molecule has 1 unspecified atom stereocenters. The highest BCUT2D eigenvalue weighted by Gasteiger charge is 2.30. The van der Waals surface area contributed by atoms with Gasteiger partial charge in [-0.05, 0) is 13.8 Å². The van der Waals surface area contributed by atoms with Crippen LogP contribution in [0.1, 0.15) is 13.8 Å². The van der Waals surface area contributed by atoms with E-state index in [0.29, 0.717) is 6.54 Å². The van der Waals surface area contributed by atoms with Gasteiger partial charge in [-0.1, -0.05) is 0 Å². The van der Waals surface area contributed by atoms with E-state index in [0.717, 1.165) is 31.9 Å². The summed E-state index contributed by atoms with van der Waals surface area (Å²) in [7, 11) is 1.91. The molecule has 1 atom stereocenters. The van der Waals surface area contributed by atoms with Gasteiger partial charge in [-0.15, -0.1) is 0 Å². The van der Waals surface area contributed by atoms with Gasteiger partial charge in [0.25, 0.3) is 0 Å². The number of aliphatic hydroxyl groups is 1. The van der Waals surface area contributed by atoms with Crippen LogP contribution in [-0.2, 0) is 11.8 Å². The summed E-state index contributed by atoms with van der Waals surface area (Å²) in [5.41, 5.74) is -0.114. The Morgan fingerprint density at radius 1 is 1.42 bits per heavy atom. The Labute approximate surface area is 113 Å². The molecule has 1 aliphatic rings. The van der Waals surface area contributed by atoms with Gasteiger partial charge in [0, 0.05) is 46.0 Å². The first-order chi connectivity index (χ1) is 8.88. The standard InChI is InChI=1S/C13H22N4O2/c1-11(18)13(2,19)10-16-4-6-17(7-5-16)12-8-14-15(3)9-12/h8-9,19H,4-7,10H2,1-3H3. The molecule has 6 heteroatoms. The number of piperazine rings is 1. The highest BCUT2D eigenvalue weighted by Crippen LogP contribution is 2.16. The number of carbonyl (C=O) groups excluding carboxylic acids is 1. The second-order valence-electron chi connectivity index (χ2n) is 5.47. The summed E-state index contributed by atoms with van der Waals surface area (Å²) in [6, 6.07) is 0. The van der Waals surface area contributed by atoms with Crippen molar-refractivity contribution >= 4 is 11.5 Å². The van der Waals surface area contributed by atoms with Gasteiger partial charge in [0.15, 0.2) is 5.78 Å². The van der Waals surface area contributed by atoms with Crippen LogP contribution in [0.25, 0.3) is 0 Å². The Morgan fingerprint density at radius 2 is 2.05 bits per heavy atom. The Balaban J connectivity index is 1.87. The molecule has 0 radical (unpaired) electrons.